The van der Waals surface area contributed by atoms with Gasteiger partial charge in [-0.2, -0.15) is 5.10 Å². The SMILES string of the molecule is COc1cccc(CCNC2CCc3c(c(C(=O)N4CCCCC4)nn3C)C2)c1. The maximum absolute atomic E-state index is 13.1. The summed E-state index contributed by atoms with van der Waals surface area (Å²) in [6.45, 7) is 2.65. The van der Waals surface area contributed by atoms with Crippen LogP contribution in [-0.2, 0) is 26.3 Å². The first-order chi connectivity index (χ1) is 14.2. The van der Waals surface area contributed by atoms with Gasteiger partial charge in [-0.25, -0.2) is 0 Å². The first-order valence-corrected chi connectivity index (χ1v) is 10.9. The fourth-order valence-electron chi connectivity index (χ4n) is 4.63. The first-order valence-electron chi connectivity index (χ1n) is 10.9. The van der Waals surface area contributed by atoms with Gasteiger partial charge in [0.05, 0.1) is 7.11 Å². The van der Waals surface area contributed by atoms with Gasteiger partial charge < -0.3 is 15.0 Å². The Morgan fingerprint density at radius 2 is 2.10 bits per heavy atom. The molecule has 2 heterocycles. The van der Waals surface area contributed by atoms with Gasteiger partial charge in [-0.1, -0.05) is 12.1 Å². The molecule has 0 saturated carbocycles. The number of rotatable bonds is 6. The number of carbonyl (C=O) groups is 1. The van der Waals surface area contributed by atoms with E-state index in [-0.39, 0.29) is 5.91 Å². The smallest absolute Gasteiger partial charge is 0.274 e. The van der Waals surface area contributed by atoms with E-state index in [0.29, 0.717) is 11.7 Å². The third kappa shape index (κ3) is 4.47. The van der Waals surface area contributed by atoms with E-state index in [1.807, 2.05) is 28.8 Å². The molecule has 1 aliphatic heterocycles. The number of nitrogens with one attached hydrogen (secondary N) is 1. The Balaban J connectivity index is 1.39. The number of aromatic nitrogens is 2. The van der Waals surface area contributed by atoms with E-state index in [1.165, 1.54) is 17.7 Å². The fraction of sp³-hybridized carbons (Fsp3) is 0.565. The summed E-state index contributed by atoms with van der Waals surface area (Å²) in [6.07, 6.45) is 7.35. The van der Waals surface area contributed by atoms with E-state index in [1.54, 1.807) is 7.11 Å². The zero-order valence-corrected chi connectivity index (χ0v) is 17.6. The summed E-state index contributed by atoms with van der Waals surface area (Å²) >= 11 is 0. The number of fused-ring (bicyclic) bond motifs is 1. The summed E-state index contributed by atoms with van der Waals surface area (Å²) in [4.78, 5) is 15.1. The number of methoxy groups -OCH3 is 1. The summed E-state index contributed by atoms with van der Waals surface area (Å²) in [5.41, 5.74) is 4.35. The highest BCUT2D eigenvalue weighted by atomic mass is 16.5. The van der Waals surface area contributed by atoms with Gasteiger partial charge in [-0.05, 0) is 69.2 Å². The van der Waals surface area contributed by atoms with E-state index in [9.17, 15) is 4.79 Å². The number of benzene rings is 1. The van der Waals surface area contributed by atoms with Gasteiger partial charge in [-0.15, -0.1) is 0 Å². The highest BCUT2D eigenvalue weighted by Crippen LogP contribution is 2.26. The molecule has 0 radical (unpaired) electrons. The van der Waals surface area contributed by atoms with Crippen molar-refractivity contribution in [2.45, 2.75) is 51.0 Å². The Bertz CT molecular complexity index is 855. The predicted octanol–water partition coefficient (Wildman–Crippen LogP) is 2.74. The molecule has 156 valence electrons. The van der Waals surface area contributed by atoms with Crippen LogP contribution < -0.4 is 10.1 Å². The Hall–Kier alpha value is -2.34. The van der Waals surface area contributed by atoms with Crippen LogP contribution in [0.3, 0.4) is 0 Å². The zero-order chi connectivity index (χ0) is 20.2. The van der Waals surface area contributed by atoms with E-state index >= 15 is 0 Å². The van der Waals surface area contributed by atoms with Gasteiger partial charge in [0, 0.05) is 37.4 Å². The van der Waals surface area contributed by atoms with Crippen molar-refractivity contribution in [3.05, 3.63) is 46.8 Å². The number of piperidine rings is 1. The van der Waals surface area contributed by atoms with E-state index in [4.69, 9.17) is 4.74 Å². The number of ether oxygens (including phenoxy) is 1. The van der Waals surface area contributed by atoms with E-state index in [0.717, 1.165) is 69.5 Å². The molecule has 1 fully saturated rings. The Kier molecular flexibility index (Phi) is 6.19. The third-order valence-corrected chi connectivity index (χ3v) is 6.28. The Labute approximate surface area is 173 Å². The molecule has 1 aromatic carbocycles. The van der Waals surface area contributed by atoms with Crippen molar-refractivity contribution < 1.29 is 9.53 Å². The predicted molar refractivity (Wildman–Crippen MR) is 113 cm³/mol. The second-order valence-electron chi connectivity index (χ2n) is 8.25. The number of hydrogen-bond acceptors (Lipinski definition) is 4. The quantitative estimate of drug-likeness (QED) is 0.816. The summed E-state index contributed by atoms with van der Waals surface area (Å²) in [5.74, 6) is 1.03. The fourth-order valence-corrected chi connectivity index (χ4v) is 4.63. The number of hydrogen-bond donors (Lipinski definition) is 1. The van der Waals surface area contributed by atoms with Gasteiger partial charge in [0.25, 0.3) is 5.91 Å². The van der Waals surface area contributed by atoms with Crippen molar-refractivity contribution >= 4 is 5.91 Å². The number of aryl methyl sites for hydroxylation is 1. The standard InChI is InChI=1S/C23H32N4O2/c1-26-21-10-9-18(24-12-11-17-7-6-8-19(15-17)29-2)16-20(21)22(25-26)23(28)27-13-4-3-5-14-27/h6-8,15,18,24H,3-5,9-14,16H2,1-2H3. The van der Waals surface area contributed by atoms with Crippen LogP contribution in [0.2, 0.25) is 0 Å². The minimum atomic E-state index is 0.124. The lowest BCUT2D eigenvalue weighted by atomic mass is 9.91. The average molecular weight is 397 g/mol. The topological polar surface area (TPSA) is 59.4 Å². The molecule has 2 aromatic rings. The minimum Gasteiger partial charge on any atom is -0.497 e. The molecule has 1 aliphatic carbocycles. The molecular weight excluding hydrogens is 364 g/mol. The van der Waals surface area contributed by atoms with Gasteiger partial charge in [0.2, 0.25) is 0 Å². The summed E-state index contributed by atoms with van der Waals surface area (Å²) < 4.78 is 7.24. The molecule has 1 N–H and O–H groups in total. The lowest BCUT2D eigenvalue weighted by Gasteiger charge is -2.27. The molecule has 29 heavy (non-hydrogen) atoms. The van der Waals surface area contributed by atoms with Crippen molar-refractivity contribution in [2.75, 3.05) is 26.7 Å². The van der Waals surface area contributed by atoms with Crippen LogP contribution in [0.5, 0.6) is 5.75 Å². The van der Waals surface area contributed by atoms with Crippen molar-refractivity contribution in [2.24, 2.45) is 7.05 Å². The monoisotopic (exact) mass is 396 g/mol. The molecule has 6 nitrogen and oxygen atoms in total. The molecule has 2 aliphatic rings. The van der Waals surface area contributed by atoms with Crippen molar-refractivity contribution in [1.82, 2.24) is 20.0 Å². The van der Waals surface area contributed by atoms with Gasteiger partial charge in [0.15, 0.2) is 5.69 Å². The van der Waals surface area contributed by atoms with E-state index in [2.05, 4.69) is 22.5 Å². The molecule has 1 aromatic heterocycles. The second kappa shape index (κ2) is 8.99. The van der Waals surface area contributed by atoms with Crippen LogP contribution in [0.1, 0.15) is 53.0 Å². The Morgan fingerprint density at radius 3 is 2.90 bits per heavy atom. The number of nitrogens with zero attached hydrogens (tertiary/aromatic N) is 3. The zero-order valence-electron chi connectivity index (χ0n) is 17.6. The molecule has 6 heteroatoms. The first kappa shape index (κ1) is 20.0. The maximum atomic E-state index is 13.1. The van der Waals surface area contributed by atoms with E-state index < -0.39 is 0 Å². The van der Waals surface area contributed by atoms with Crippen LogP contribution in [-0.4, -0.2) is 53.4 Å². The van der Waals surface area contributed by atoms with Gasteiger partial charge in [-0.3, -0.25) is 9.48 Å². The molecule has 1 unspecified atom stereocenters. The number of amides is 1. The van der Waals surface area contributed by atoms with Crippen LogP contribution in [0.4, 0.5) is 0 Å². The van der Waals surface area contributed by atoms with Crippen LogP contribution in [0, 0.1) is 0 Å². The third-order valence-electron chi connectivity index (χ3n) is 6.28. The van der Waals surface area contributed by atoms with Crippen molar-refractivity contribution in [3.8, 4) is 5.75 Å². The molecule has 1 atom stereocenters. The molecule has 0 spiro atoms. The number of likely N-dealkylation sites (tertiary alicyclic amines) is 1. The molecule has 0 bridgehead atoms. The second-order valence-corrected chi connectivity index (χ2v) is 8.25. The molecule has 1 amide bonds. The number of carbonyl (C=O) groups excluding carboxylic acids is 1. The molecular formula is C23H32N4O2. The van der Waals surface area contributed by atoms with Gasteiger partial charge in [0.1, 0.15) is 5.75 Å². The summed E-state index contributed by atoms with van der Waals surface area (Å²) in [7, 11) is 3.68. The van der Waals surface area contributed by atoms with Crippen molar-refractivity contribution in [1.29, 1.82) is 0 Å². The molecule has 1 saturated heterocycles. The van der Waals surface area contributed by atoms with Gasteiger partial charge >= 0.3 is 0 Å². The maximum Gasteiger partial charge on any atom is 0.274 e. The Morgan fingerprint density at radius 1 is 1.28 bits per heavy atom. The lowest BCUT2D eigenvalue weighted by Crippen LogP contribution is -2.38. The van der Waals surface area contributed by atoms with Crippen LogP contribution in [0.15, 0.2) is 24.3 Å². The van der Waals surface area contributed by atoms with Crippen LogP contribution >= 0.6 is 0 Å². The van der Waals surface area contributed by atoms with Crippen molar-refractivity contribution in [3.63, 3.8) is 0 Å². The lowest BCUT2D eigenvalue weighted by molar-refractivity contribution is 0.0716. The highest BCUT2D eigenvalue weighted by Gasteiger charge is 2.30. The summed E-state index contributed by atoms with van der Waals surface area (Å²) in [5, 5.41) is 8.33. The normalized spacial score (nSPS) is 19.1. The molecule has 4 rings (SSSR count). The van der Waals surface area contributed by atoms with Crippen LogP contribution in [0.25, 0.3) is 0 Å². The highest BCUT2D eigenvalue weighted by molar-refractivity contribution is 5.94. The largest absolute Gasteiger partial charge is 0.497 e. The minimum absolute atomic E-state index is 0.124. The summed E-state index contributed by atoms with van der Waals surface area (Å²) in [6, 6.07) is 8.64. The average Bonchev–Trinajstić information content (AvgIpc) is 3.10.